The van der Waals surface area contributed by atoms with Crippen molar-refractivity contribution in [3.05, 3.63) is 53.6 Å². The molecular weight excluding hydrogens is 344 g/mol. The third-order valence-electron chi connectivity index (χ3n) is 4.77. The van der Waals surface area contributed by atoms with Gasteiger partial charge in [0.15, 0.2) is 11.5 Å². The van der Waals surface area contributed by atoms with Gasteiger partial charge in [0, 0.05) is 24.7 Å². The van der Waals surface area contributed by atoms with Crippen LogP contribution in [-0.4, -0.2) is 37.6 Å². The molecule has 27 heavy (non-hydrogen) atoms. The molecule has 2 amide bonds. The summed E-state index contributed by atoms with van der Waals surface area (Å²) in [6, 6.07) is 13.2. The number of hydrogen-bond donors (Lipinski definition) is 1. The van der Waals surface area contributed by atoms with E-state index in [1.54, 1.807) is 4.90 Å². The maximum Gasteiger partial charge on any atom is 0.229 e. The molecule has 2 aromatic carbocycles. The van der Waals surface area contributed by atoms with Crippen LogP contribution in [0.2, 0.25) is 0 Å². The van der Waals surface area contributed by atoms with E-state index in [-0.39, 0.29) is 17.9 Å². The first kappa shape index (κ1) is 17.4. The van der Waals surface area contributed by atoms with E-state index in [1.807, 2.05) is 49.4 Å². The average molecular weight is 366 g/mol. The summed E-state index contributed by atoms with van der Waals surface area (Å²) < 4.78 is 11.1. The number of ether oxygens (including phenoxy) is 2. The molecule has 1 N–H and O–H groups in total. The minimum Gasteiger partial charge on any atom is -0.486 e. The molecule has 140 valence electrons. The van der Waals surface area contributed by atoms with Gasteiger partial charge in [-0.05, 0) is 24.6 Å². The minimum absolute atomic E-state index is 0.00691. The molecule has 0 spiro atoms. The van der Waals surface area contributed by atoms with E-state index in [2.05, 4.69) is 5.32 Å². The predicted molar refractivity (Wildman–Crippen MR) is 101 cm³/mol. The number of carbonyl (C=O) groups excluding carboxylic acids is 2. The molecule has 0 saturated carbocycles. The fourth-order valence-electron chi connectivity index (χ4n) is 3.54. The monoisotopic (exact) mass is 366 g/mol. The van der Waals surface area contributed by atoms with Crippen LogP contribution >= 0.6 is 0 Å². The van der Waals surface area contributed by atoms with E-state index >= 15 is 0 Å². The quantitative estimate of drug-likeness (QED) is 0.901. The van der Waals surface area contributed by atoms with Crippen molar-refractivity contribution in [3.63, 3.8) is 0 Å². The number of rotatable bonds is 4. The number of amides is 2. The van der Waals surface area contributed by atoms with Crippen molar-refractivity contribution in [2.45, 2.75) is 25.8 Å². The van der Waals surface area contributed by atoms with Gasteiger partial charge in [-0.1, -0.05) is 29.8 Å². The number of aryl methyl sites for hydroxylation is 1. The standard InChI is InChI=1S/C21H22N2O4/c1-14-3-2-4-15(9-14)10-20(24)22-16-11-21(25)23(13-16)17-5-6-18-19(12-17)27-8-7-26-18/h2-6,9,12,16H,7-8,10-11,13H2,1H3,(H,22,24)/t16-/m1/s1. The first-order valence-corrected chi connectivity index (χ1v) is 9.13. The van der Waals surface area contributed by atoms with Gasteiger partial charge in [0.05, 0.1) is 12.5 Å². The number of hydrogen-bond acceptors (Lipinski definition) is 4. The summed E-state index contributed by atoms with van der Waals surface area (Å²) in [6.45, 7) is 3.49. The Bertz CT molecular complexity index is 880. The lowest BCUT2D eigenvalue weighted by Crippen LogP contribution is -2.38. The zero-order valence-corrected chi connectivity index (χ0v) is 15.2. The summed E-state index contributed by atoms with van der Waals surface area (Å²) in [4.78, 5) is 26.5. The van der Waals surface area contributed by atoms with Crippen LogP contribution in [0, 0.1) is 6.92 Å². The van der Waals surface area contributed by atoms with Gasteiger partial charge in [0.2, 0.25) is 11.8 Å². The van der Waals surface area contributed by atoms with E-state index in [4.69, 9.17) is 9.47 Å². The molecule has 2 aliphatic heterocycles. The van der Waals surface area contributed by atoms with Crippen molar-refractivity contribution in [1.82, 2.24) is 5.32 Å². The Morgan fingerprint density at radius 2 is 1.96 bits per heavy atom. The second-order valence-electron chi connectivity index (χ2n) is 6.97. The zero-order chi connectivity index (χ0) is 18.8. The first-order valence-electron chi connectivity index (χ1n) is 9.13. The van der Waals surface area contributed by atoms with E-state index in [0.29, 0.717) is 44.1 Å². The Hall–Kier alpha value is -3.02. The highest BCUT2D eigenvalue weighted by molar-refractivity contribution is 5.97. The van der Waals surface area contributed by atoms with E-state index in [1.165, 1.54) is 0 Å². The van der Waals surface area contributed by atoms with Gasteiger partial charge in [0.25, 0.3) is 0 Å². The number of nitrogens with one attached hydrogen (secondary N) is 1. The highest BCUT2D eigenvalue weighted by Crippen LogP contribution is 2.35. The van der Waals surface area contributed by atoms with Gasteiger partial charge in [0.1, 0.15) is 13.2 Å². The van der Waals surface area contributed by atoms with E-state index in [9.17, 15) is 9.59 Å². The van der Waals surface area contributed by atoms with Gasteiger partial charge >= 0.3 is 0 Å². The summed E-state index contributed by atoms with van der Waals surface area (Å²) >= 11 is 0. The predicted octanol–water partition coefficient (Wildman–Crippen LogP) is 2.23. The molecule has 2 aromatic rings. The number of nitrogens with zero attached hydrogens (tertiary/aromatic N) is 1. The smallest absolute Gasteiger partial charge is 0.229 e. The summed E-state index contributed by atoms with van der Waals surface area (Å²) in [5.74, 6) is 1.27. The average Bonchev–Trinajstić information content (AvgIpc) is 3.01. The normalized spacial score (nSPS) is 18.5. The topological polar surface area (TPSA) is 67.9 Å². The van der Waals surface area contributed by atoms with Crippen molar-refractivity contribution < 1.29 is 19.1 Å². The van der Waals surface area contributed by atoms with Crippen molar-refractivity contribution in [2.75, 3.05) is 24.7 Å². The molecule has 6 nitrogen and oxygen atoms in total. The highest BCUT2D eigenvalue weighted by atomic mass is 16.6. The molecule has 1 saturated heterocycles. The van der Waals surface area contributed by atoms with E-state index < -0.39 is 0 Å². The maximum atomic E-state index is 12.4. The second kappa shape index (κ2) is 7.31. The fourth-order valence-corrected chi connectivity index (χ4v) is 3.54. The van der Waals surface area contributed by atoms with Crippen LogP contribution in [0.25, 0.3) is 0 Å². The Morgan fingerprint density at radius 1 is 1.15 bits per heavy atom. The van der Waals surface area contributed by atoms with Gasteiger partial charge in [-0.15, -0.1) is 0 Å². The van der Waals surface area contributed by atoms with Crippen LogP contribution in [0.3, 0.4) is 0 Å². The fraction of sp³-hybridized carbons (Fsp3) is 0.333. The molecule has 0 aliphatic carbocycles. The van der Waals surface area contributed by atoms with Gasteiger partial charge in [-0.2, -0.15) is 0 Å². The molecular formula is C21H22N2O4. The number of carbonyl (C=O) groups is 2. The molecule has 0 bridgehead atoms. The second-order valence-corrected chi connectivity index (χ2v) is 6.97. The largest absolute Gasteiger partial charge is 0.486 e. The lowest BCUT2D eigenvalue weighted by Gasteiger charge is -2.22. The molecule has 0 radical (unpaired) electrons. The van der Waals surface area contributed by atoms with Crippen LogP contribution < -0.4 is 19.7 Å². The van der Waals surface area contributed by atoms with Crippen LogP contribution in [0.15, 0.2) is 42.5 Å². The van der Waals surface area contributed by atoms with E-state index in [0.717, 1.165) is 16.8 Å². The third-order valence-corrected chi connectivity index (χ3v) is 4.77. The van der Waals surface area contributed by atoms with Crippen molar-refractivity contribution in [1.29, 1.82) is 0 Å². The van der Waals surface area contributed by atoms with Crippen LogP contribution in [0.1, 0.15) is 17.5 Å². The molecule has 2 heterocycles. The molecule has 1 atom stereocenters. The summed E-state index contributed by atoms with van der Waals surface area (Å²) in [5.41, 5.74) is 2.86. The number of anilines is 1. The van der Waals surface area contributed by atoms with Gasteiger partial charge in [-0.25, -0.2) is 0 Å². The molecule has 0 aromatic heterocycles. The molecule has 4 rings (SSSR count). The molecule has 6 heteroatoms. The highest BCUT2D eigenvalue weighted by Gasteiger charge is 2.32. The van der Waals surface area contributed by atoms with Gasteiger partial charge in [-0.3, -0.25) is 9.59 Å². The van der Waals surface area contributed by atoms with Crippen LogP contribution in [0.4, 0.5) is 5.69 Å². The number of benzene rings is 2. The first-order chi connectivity index (χ1) is 13.1. The van der Waals surface area contributed by atoms with Crippen LogP contribution in [-0.2, 0) is 16.0 Å². The Balaban J connectivity index is 1.39. The maximum absolute atomic E-state index is 12.4. The minimum atomic E-state index is -0.192. The third kappa shape index (κ3) is 3.89. The SMILES string of the molecule is Cc1cccc(CC(=O)N[C@@H]2CC(=O)N(c3ccc4c(c3)OCCO4)C2)c1. The Morgan fingerprint density at radius 3 is 2.78 bits per heavy atom. The molecule has 2 aliphatic rings. The Labute approximate surface area is 158 Å². The van der Waals surface area contributed by atoms with Crippen molar-refractivity contribution in [2.24, 2.45) is 0 Å². The van der Waals surface area contributed by atoms with Crippen LogP contribution in [0.5, 0.6) is 11.5 Å². The zero-order valence-electron chi connectivity index (χ0n) is 15.2. The Kier molecular flexibility index (Phi) is 4.71. The summed E-state index contributed by atoms with van der Waals surface area (Å²) in [6.07, 6.45) is 0.615. The van der Waals surface area contributed by atoms with Gasteiger partial charge < -0.3 is 19.7 Å². The number of fused-ring (bicyclic) bond motifs is 1. The molecule has 0 unspecified atom stereocenters. The lowest BCUT2D eigenvalue weighted by atomic mass is 10.1. The summed E-state index contributed by atoms with van der Waals surface area (Å²) in [7, 11) is 0. The summed E-state index contributed by atoms with van der Waals surface area (Å²) in [5, 5.41) is 2.98. The molecule has 1 fully saturated rings. The lowest BCUT2D eigenvalue weighted by molar-refractivity contribution is -0.121. The van der Waals surface area contributed by atoms with Crippen molar-refractivity contribution >= 4 is 17.5 Å². The van der Waals surface area contributed by atoms with Crippen molar-refractivity contribution in [3.8, 4) is 11.5 Å².